The lowest BCUT2D eigenvalue weighted by molar-refractivity contribution is 0.555. The Morgan fingerprint density at radius 3 is 2.76 bits per heavy atom. The number of nitrogens with zero attached hydrogens (tertiary/aromatic N) is 2. The molecule has 0 saturated heterocycles. The molecular formula is C16H20N4S. The lowest BCUT2D eigenvalue weighted by Gasteiger charge is -2.12. The van der Waals surface area contributed by atoms with Crippen LogP contribution in [-0.2, 0) is 11.8 Å². The van der Waals surface area contributed by atoms with Crippen molar-refractivity contribution in [2.45, 2.75) is 32.6 Å². The summed E-state index contributed by atoms with van der Waals surface area (Å²) in [5, 5.41) is 5.52. The maximum atomic E-state index is 4.54. The van der Waals surface area contributed by atoms with E-state index in [4.69, 9.17) is 0 Å². The average Bonchev–Trinajstić information content (AvgIpc) is 3.03. The average molecular weight is 300 g/mol. The van der Waals surface area contributed by atoms with Crippen molar-refractivity contribution in [1.82, 2.24) is 14.3 Å². The third-order valence-corrected chi connectivity index (χ3v) is 4.03. The van der Waals surface area contributed by atoms with Crippen molar-refractivity contribution < 1.29 is 0 Å². The van der Waals surface area contributed by atoms with Crippen LogP contribution in [0.1, 0.15) is 32.3 Å². The summed E-state index contributed by atoms with van der Waals surface area (Å²) >= 11 is 1.43. The van der Waals surface area contributed by atoms with Crippen LogP contribution in [0.3, 0.4) is 0 Å². The number of aromatic nitrogens is 3. The highest BCUT2D eigenvalue weighted by molar-refractivity contribution is 7.09. The topological polar surface area (TPSA) is 53.6 Å². The van der Waals surface area contributed by atoms with Crippen molar-refractivity contribution in [2.75, 3.05) is 11.9 Å². The molecule has 21 heavy (non-hydrogen) atoms. The Balaban J connectivity index is 1.59. The van der Waals surface area contributed by atoms with Crippen molar-refractivity contribution in [3.8, 4) is 0 Å². The normalized spacial score (nSPS) is 12.0. The molecule has 2 heterocycles. The summed E-state index contributed by atoms with van der Waals surface area (Å²) in [5.41, 5.74) is 2.44. The monoisotopic (exact) mass is 300 g/mol. The highest BCUT2D eigenvalue weighted by Gasteiger charge is 2.19. The molecular weight excluding hydrogens is 280 g/mol. The van der Waals surface area contributed by atoms with E-state index in [1.54, 1.807) is 0 Å². The molecule has 1 aromatic carbocycles. The number of hydrogen-bond acceptors (Lipinski definition) is 4. The highest BCUT2D eigenvalue weighted by Crippen LogP contribution is 2.23. The molecule has 3 aromatic rings. The van der Waals surface area contributed by atoms with E-state index in [-0.39, 0.29) is 5.41 Å². The lowest BCUT2D eigenvalue weighted by Crippen LogP contribution is -2.13. The van der Waals surface area contributed by atoms with Crippen LogP contribution in [0.25, 0.3) is 10.9 Å². The van der Waals surface area contributed by atoms with Gasteiger partial charge in [0.25, 0.3) is 0 Å². The van der Waals surface area contributed by atoms with E-state index in [1.807, 2.05) is 0 Å². The van der Waals surface area contributed by atoms with Gasteiger partial charge in [0.05, 0.1) is 0 Å². The molecule has 0 bridgehead atoms. The molecule has 2 aromatic heterocycles. The van der Waals surface area contributed by atoms with E-state index in [2.05, 4.69) is 70.8 Å². The molecule has 0 fully saturated rings. The fraction of sp³-hybridized carbons (Fsp3) is 0.375. The Bertz CT molecular complexity index is 703. The first-order valence-electron chi connectivity index (χ1n) is 7.17. The largest absolute Gasteiger partial charge is 0.360 e. The molecule has 2 N–H and O–H groups in total. The van der Waals surface area contributed by atoms with Gasteiger partial charge < -0.3 is 10.3 Å². The molecule has 5 heteroatoms. The molecule has 0 saturated carbocycles. The van der Waals surface area contributed by atoms with E-state index in [0.29, 0.717) is 0 Å². The fourth-order valence-electron chi connectivity index (χ4n) is 2.17. The van der Waals surface area contributed by atoms with E-state index in [9.17, 15) is 0 Å². The fourth-order valence-corrected chi connectivity index (χ4v) is 2.95. The Kier molecular flexibility index (Phi) is 3.68. The van der Waals surface area contributed by atoms with Crippen LogP contribution in [0.4, 0.5) is 5.13 Å². The Labute approximate surface area is 128 Å². The summed E-state index contributed by atoms with van der Waals surface area (Å²) in [7, 11) is 0. The van der Waals surface area contributed by atoms with Gasteiger partial charge in [0.2, 0.25) is 5.13 Å². The second-order valence-electron chi connectivity index (χ2n) is 6.23. The summed E-state index contributed by atoms with van der Waals surface area (Å²) in [4.78, 5) is 7.98. The summed E-state index contributed by atoms with van der Waals surface area (Å²) < 4.78 is 4.41. The highest BCUT2D eigenvalue weighted by atomic mass is 32.1. The number of benzene rings is 1. The quantitative estimate of drug-likeness (QED) is 0.766. The predicted molar refractivity (Wildman–Crippen MR) is 89.1 cm³/mol. The van der Waals surface area contributed by atoms with Gasteiger partial charge in [-0.15, -0.1) is 0 Å². The lowest BCUT2D eigenvalue weighted by atomic mass is 9.96. The van der Waals surface area contributed by atoms with E-state index >= 15 is 0 Å². The molecule has 3 rings (SSSR count). The number of H-pyrrole nitrogens is 1. The molecule has 0 atom stereocenters. The van der Waals surface area contributed by atoms with Crippen LogP contribution < -0.4 is 5.32 Å². The molecule has 0 amide bonds. The minimum absolute atomic E-state index is 0.00755. The summed E-state index contributed by atoms with van der Waals surface area (Å²) in [6.45, 7) is 7.24. The van der Waals surface area contributed by atoms with Crippen LogP contribution in [0.5, 0.6) is 0 Å². The van der Waals surface area contributed by atoms with Gasteiger partial charge in [0, 0.05) is 41.1 Å². The van der Waals surface area contributed by atoms with Crippen LogP contribution >= 0.6 is 11.5 Å². The number of nitrogens with one attached hydrogen (secondary N) is 2. The van der Waals surface area contributed by atoms with Crippen LogP contribution in [0, 0.1) is 0 Å². The first-order chi connectivity index (χ1) is 10.0. The Hall–Kier alpha value is -1.88. The van der Waals surface area contributed by atoms with Gasteiger partial charge in [0.15, 0.2) is 0 Å². The van der Waals surface area contributed by atoms with Crippen LogP contribution in [0.2, 0.25) is 0 Å². The van der Waals surface area contributed by atoms with Crippen molar-refractivity contribution in [3.63, 3.8) is 0 Å². The molecule has 0 aliphatic rings. The zero-order valence-electron chi connectivity index (χ0n) is 12.6. The van der Waals surface area contributed by atoms with Gasteiger partial charge in [-0.05, 0) is 17.5 Å². The summed E-state index contributed by atoms with van der Waals surface area (Å²) in [5.74, 6) is 0.903. The molecule has 0 spiro atoms. The van der Waals surface area contributed by atoms with Gasteiger partial charge in [-0.25, -0.2) is 4.98 Å². The first kappa shape index (κ1) is 14.1. The third kappa shape index (κ3) is 3.24. The molecule has 0 aliphatic heterocycles. The SMILES string of the molecule is CC(C)(C)c1nsc(NCCc2cc3ccccc3[nH]2)n1. The van der Waals surface area contributed by atoms with Gasteiger partial charge in [0.1, 0.15) is 5.82 Å². The number of para-hydroxylation sites is 1. The molecule has 0 radical (unpaired) electrons. The van der Waals surface area contributed by atoms with Gasteiger partial charge in [-0.2, -0.15) is 4.37 Å². The number of hydrogen-bond donors (Lipinski definition) is 2. The Morgan fingerprint density at radius 1 is 1.24 bits per heavy atom. The predicted octanol–water partition coefficient (Wildman–Crippen LogP) is 3.97. The third-order valence-electron chi connectivity index (χ3n) is 3.35. The zero-order valence-corrected chi connectivity index (χ0v) is 13.4. The molecule has 4 nitrogen and oxygen atoms in total. The second-order valence-corrected chi connectivity index (χ2v) is 6.98. The summed E-state index contributed by atoms with van der Waals surface area (Å²) in [6.07, 6.45) is 0.944. The van der Waals surface area contributed by atoms with E-state index in [0.717, 1.165) is 23.9 Å². The summed E-state index contributed by atoms with van der Waals surface area (Å²) in [6, 6.07) is 10.6. The van der Waals surface area contributed by atoms with Crippen LogP contribution in [-0.4, -0.2) is 20.9 Å². The smallest absolute Gasteiger partial charge is 0.202 e. The maximum absolute atomic E-state index is 4.54. The minimum atomic E-state index is 0.00755. The minimum Gasteiger partial charge on any atom is -0.360 e. The van der Waals surface area contributed by atoms with Crippen molar-refractivity contribution in [2.24, 2.45) is 0 Å². The van der Waals surface area contributed by atoms with Gasteiger partial charge in [-0.1, -0.05) is 39.0 Å². The first-order valence-corrected chi connectivity index (χ1v) is 7.94. The van der Waals surface area contributed by atoms with Gasteiger partial charge >= 0.3 is 0 Å². The number of aromatic amines is 1. The number of anilines is 1. The van der Waals surface area contributed by atoms with Crippen LogP contribution in [0.15, 0.2) is 30.3 Å². The molecule has 0 aliphatic carbocycles. The van der Waals surface area contributed by atoms with Crippen molar-refractivity contribution in [1.29, 1.82) is 0 Å². The standard InChI is InChI=1S/C16H20N4S/c1-16(2,3)14-19-15(21-20-14)17-9-8-12-10-11-6-4-5-7-13(11)18-12/h4-7,10,18H,8-9H2,1-3H3,(H,17,19,20). The van der Waals surface area contributed by atoms with E-state index in [1.165, 1.54) is 28.1 Å². The zero-order chi connectivity index (χ0) is 14.9. The molecule has 0 unspecified atom stereocenters. The number of fused-ring (bicyclic) bond motifs is 1. The van der Waals surface area contributed by atoms with Crippen molar-refractivity contribution >= 4 is 27.6 Å². The number of rotatable bonds is 4. The molecule has 110 valence electrons. The van der Waals surface area contributed by atoms with Crippen molar-refractivity contribution in [3.05, 3.63) is 41.9 Å². The maximum Gasteiger partial charge on any atom is 0.202 e. The second kappa shape index (κ2) is 5.48. The Morgan fingerprint density at radius 2 is 2.05 bits per heavy atom. The van der Waals surface area contributed by atoms with E-state index < -0.39 is 0 Å². The van der Waals surface area contributed by atoms with Gasteiger partial charge in [-0.3, -0.25) is 0 Å².